The van der Waals surface area contributed by atoms with Gasteiger partial charge in [-0.15, -0.1) is 11.3 Å². The first kappa shape index (κ1) is 13.3. The fraction of sp³-hybridized carbons (Fsp3) is 0.250. The van der Waals surface area contributed by atoms with Crippen LogP contribution in [0.2, 0.25) is 0 Å². The number of carboxylic acid groups (broad SMARTS) is 1. The van der Waals surface area contributed by atoms with Crippen LogP contribution >= 0.6 is 11.3 Å². The van der Waals surface area contributed by atoms with Gasteiger partial charge in [0.05, 0.1) is 6.61 Å². The lowest BCUT2D eigenvalue weighted by atomic mass is 10.2. The summed E-state index contributed by atoms with van der Waals surface area (Å²) in [6.45, 7) is 2.34. The molecule has 0 aliphatic heterocycles. The number of thiophene rings is 1. The Morgan fingerprint density at radius 3 is 3.05 bits per heavy atom. The number of rotatable bonds is 6. The zero-order chi connectivity index (χ0) is 13.7. The molecule has 6 nitrogen and oxygen atoms in total. The molecule has 0 spiro atoms. The van der Waals surface area contributed by atoms with E-state index in [0.717, 1.165) is 0 Å². The molecule has 0 aliphatic rings. The van der Waals surface area contributed by atoms with Gasteiger partial charge in [-0.05, 0) is 18.4 Å². The molecule has 1 atom stereocenters. The van der Waals surface area contributed by atoms with Crippen LogP contribution < -0.4 is 10.1 Å². The Labute approximate surface area is 114 Å². The summed E-state index contributed by atoms with van der Waals surface area (Å²) in [5.41, 5.74) is 0. The highest BCUT2D eigenvalue weighted by atomic mass is 32.1. The van der Waals surface area contributed by atoms with E-state index in [4.69, 9.17) is 4.74 Å². The minimum Gasteiger partial charge on any atom is -0.479 e. The molecular formula is C12H13N3O3S. The summed E-state index contributed by atoms with van der Waals surface area (Å²) in [7, 11) is 0. The predicted molar refractivity (Wildman–Crippen MR) is 71.5 cm³/mol. The summed E-state index contributed by atoms with van der Waals surface area (Å²) >= 11 is 1.38. The van der Waals surface area contributed by atoms with Crippen molar-refractivity contribution in [2.45, 2.75) is 13.0 Å². The second-order valence-corrected chi connectivity index (χ2v) is 4.58. The smallest absolute Gasteiger partial charge is 0.331 e. The van der Waals surface area contributed by atoms with Crippen molar-refractivity contribution < 1.29 is 14.6 Å². The van der Waals surface area contributed by atoms with Crippen molar-refractivity contribution in [2.24, 2.45) is 0 Å². The van der Waals surface area contributed by atoms with Crippen LogP contribution in [0.3, 0.4) is 0 Å². The number of aromatic nitrogens is 2. The third-order valence-corrected chi connectivity index (χ3v) is 3.24. The molecule has 2 heterocycles. The predicted octanol–water partition coefficient (Wildman–Crippen LogP) is 2.17. The summed E-state index contributed by atoms with van der Waals surface area (Å²) in [6, 6.07) is 4.32. The van der Waals surface area contributed by atoms with E-state index in [1.54, 1.807) is 12.1 Å². The lowest BCUT2D eigenvalue weighted by Crippen LogP contribution is -2.20. The minimum atomic E-state index is -0.959. The number of carbonyl (C=O) groups is 1. The second kappa shape index (κ2) is 6.14. The monoisotopic (exact) mass is 279 g/mol. The van der Waals surface area contributed by atoms with E-state index < -0.39 is 12.0 Å². The average Bonchev–Trinajstić information content (AvgIpc) is 2.90. The first-order chi connectivity index (χ1) is 9.20. The third kappa shape index (κ3) is 3.41. The van der Waals surface area contributed by atoms with E-state index in [1.807, 2.05) is 18.4 Å². The molecule has 2 N–H and O–H groups in total. The Morgan fingerprint density at radius 2 is 2.42 bits per heavy atom. The highest BCUT2D eigenvalue weighted by Crippen LogP contribution is 2.23. The SMILES string of the molecule is CCOc1cc(NC(C(=O)O)c2cccs2)ncn1. The van der Waals surface area contributed by atoms with Gasteiger partial charge in [-0.1, -0.05) is 6.07 Å². The molecule has 100 valence electrons. The molecule has 0 amide bonds. The van der Waals surface area contributed by atoms with Crippen molar-refractivity contribution in [3.05, 3.63) is 34.8 Å². The number of anilines is 1. The number of nitrogens with zero attached hydrogens (tertiary/aromatic N) is 2. The molecule has 2 aromatic heterocycles. The van der Waals surface area contributed by atoms with Crippen molar-refractivity contribution in [2.75, 3.05) is 11.9 Å². The first-order valence-electron chi connectivity index (χ1n) is 5.68. The molecule has 0 bridgehead atoms. The Kier molecular flexibility index (Phi) is 4.30. The van der Waals surface area contributed by atoms with Gasteiger partial charge in [-0.3, -0.25) is 0 Å². The lowest BCUT2D eigenvalue weighted by molar-refractivity contribution is -0.138. The van der Waals surface area contributed by atoms with Crippen molar-refractivity contribution in [3.8, 4) is 5.88 Å². The normalized spacial score (nSPS) is 11.8. The van der Waals surface area contributed by atoms with Crippen molar-refractivity contribution in [1.82, 2.24) is 9.97 Å². The van der Waals surface area contributed by atoms with Gasteiger partial charge in [0, 0.05) is 10.9 Å². The van der Waals surface area contributed by atoms with Crippen LogP contribution in [-0.2, 0) is 4.79 Å². The molecule has 0 saturated heterocycles. The van der Waals surface area contributed by atoms with Crippen LogP contribution in [-0.4, -0.2) is 27.7 Å². The largest absolute Gasteiger partial charge is 0.479 e. The van der Waals surface area contributed by atoms with Gasteiger partial charge >= 0.3 is 5.97 Å². The number of aliphatic carboxylic acids is 1. The maximum absolute atomic E-state index is 11.3. The molecule has 1 unspecified atom stereocenters. The van der Waals surface area contributed by atoms with E-state index >= 15 is 0 Å². The fourth-order valence-electron chi connectivity index (χ4n) is 1.50. The number of carboxylic acids is 1. The number of hydrogen-bond acceptors (Lipinski definition) is 6. The number of nitrogens with one attached hydrogen (secondary N) is 1. The van der Waals surface area contributed by atoms with Crippen LogP contribution in [0.1, 0.15) is 17.8 Å². The summed E-state index contributed by atoms with van der Waals surface area (Å²) in [6.07, 6.45) is 1.33. The molecule has 0 radical (unpaired) electrons. The van der Waals surface area contributed by atoms with Crippen LogP contribution in [0.4, 0.5) is 5.82 Å². The Balaban J connectivity index is 2.18. The van der Waals surface area contributed by atoms with Gasteiger partial charge in [0.2, 0.25) is 5.88 Å². The zero-order valence-corrected chi connectivity index (χ0v) is 11.1. The van der Waals surface area contributed by atoms with Crippen LogP contribution in [0, 0.1) is 0 Å². The van der Waals surface area contributed by atoms with E-state index in [-0.39, 0.29) is 0 Å². The third-order valence-electron chi connectivity index (χ3n) is 2.30. The van der Waals surface area contributed by atoms with Crippen molar-refractivity contribution in [3.63, 3.8) is 0 Å². The van der Waals surface area contributed by atoms with Gasteiger partial charge in [0.25, 0.3) is 0 Å². The quantitative estimate of drug-likeness (QED) is 0.843. The standard InChI is InChI=1S/C12H13N3O3S/c1-2-18-10-6-9(13-7-14-10)15-11(12(16)17)8-4-3-5-19-8/h3-7,11H,2H2,1H3,(H,16,17)(H,13,14,15). The van der Waals surface area contributed by atoms with Gasteiger partial charge in [0.1, 0.15) is 12.1 Å². The van der Waals surface area contributed by atoms with E-state index in [2.05, 4.69) is 15.3 Å². The van der Waals surface area contributed by atoms with Crippen molar-refractivity contribution >= 4 is 23.1 Å². The van der Waals surface area contributed by atoms with Crippen LogP contribution in [0.5, 0.6) is 5.88 Å². The van der Waals surface area contributed by atoms with Gasteiger partial charge in [-0.25, -0.2) is 14.8 Å². The number of hydrogen-bond donors (Lipinski definition) is 2. The number of ether oxygens (including phenoxy) is 1. The van der Waals surface area contributed by atoms with Crippen LogP contribution in [0.15, 0.2) is 29.9 Å². The van der Waals surface area contributed by atoms with E-state index in [0.29, 0.717) is 23.2 Å². The second-order valence-electron chi connectivity index (χ2n) is 3.61. The molecule has 0 saturated carbocycles. The first-order valence-corrected chi connectivity index (χ1v) is 6.56. The molecular weight excluding hydrogens is 266 g/mol. The van der Waals surface area contributed by atoms with Crippen LogP contribution in [0.25, 0.3) is 0 Å². The summed E-state index contributed by atoms with van der Waals surface area (Å²) in [5.74, 6) is -0.131. The van der Waals surface area contributed by atoms with Gasteiger partial charge in [0.15, 0.2) is 6.04 Å². The van der Waals surface area contributed by atoms with Gasteiger partial charge < -0.3 is 15.2 Å². The molecule has 19 heavy (non-hydrogen) atoms. The zero-order valence-electron chi connectivity index (χ0n) is 10.2. The molecule has 2 rings (SSSR count). The van der Waals surface area contributed by atoms with Crippen molar-refractivity contribution in [1.29, 1.82) is 0 Å². The maximum Gasteiger partial charge on any atom is 0.331 e. The molecule has 0 aromatic carbocycles. The van der Waals surface area contributed by atoms with E-state index in [9.17, 15) is 9.90 Å². The van der Waals surface area contributed by atoms with Gasteiger partial charge in [-0.2, -0.15) is 0 Å². The highest BCUT2D eigenvalue weighted by Gasteiger charge is 2.21. The molecule has 7 heteroatoms. The molecule has 0 aliphatic carbocycles. The Hall–Kier alpha value is -2.15. The summed E-state index contributed by atoms with van der Waals surface area (Å²) < 4.78 is 5.24. The summed E-state index contributed by atoms with van der Waals surface area (Å²) in [5, 5.41) is 13.9. The Bertz CT molecular complexity index is 545. The lowest BCUT2D eigenvalue weighted by Gasteiger charge is -2.13. The average molecular weight is 279 g/mol. The Morgan fingerprint density at radius 1 is 1.58 bits per heavy atom. The topological polar surface area (TPSA) is 84.3 Å². The summed E-state index contributed by atoms with van der Waals surface area (Å²) in [4.78, 5) is 19.9. The van der Waals surface area contributed by atoms with E-state index in [1.165, 1.54) is 17.7 Å². The fourth-order valence-corrected chi connectivity index (χ4v) is 2.27. The molecule has 0 fully saturated rings. The highest BCUT2D eigenvalue weighted by molar-refractivity contribution is 7.10. The molecule has 2 aromatic rings. The maximum atomic E-state index is 11.3. The minimum absolute atomic E-state index is 0.412.